The Labute approximate surface area is 242 Å². The summed E-state index contributed by atoms with van der Waals surface area (Å²) in [6, 6.07) is 27.3. The van der Waals surface area contributed by atoms with E-state index in [1.54, 1.807) is 60.7 Å². The number of hydrogen-bond acceptors (Lipinski definition) is 6. The van der Waals surface area contributed by atoms with Crippen LogP contribution in [0.5, 0.6) is 23.0 Å². The molecule has 0 spiro atoms. The molecule has 214 valence electrons. The molecule has 0 saturated carbocycles. The molecule has 4 rings (SSSR count). The van der Waals surface area contributed by atoms with Crippen molar-refractivity contribution in [2.24, 2.45) is 0 Å². The molecule has 6 heteroatoms. The molecule has 0 aliphatic heterocycles. The summed E-state index contributed by atoms with van der Waals surface area (Å²) >= 11 is 0. The minimum Gasteiger partial charge on any atom is -0.507 e. The summed E-state index contributed by atoms with van der Waals surface area (Å²) in [5.41, 5.74) is 1.69. The van der Waals surface area contributed by atoms with Crippen molar-refractivity contribution in [1.29, 1.82) is 0 Å². The Morgan fingerprint density at radius 3 is 1.56 bits per heavy atom. The van der Waals surface area contributed by atoms with E-state index in [1.165, 1.54) is 44.9 Å². The lowest BCUT2D eigenvalue weighted by molar-refractivity contribution is 0.102. The summed E-state index contributed by atoms with van der Waals surface area (Å²) in [6.07, 6.45) is 7.25. The Hall–Kier alpha value is -4.58. The van der Waals surface area contributed by atoms with Crippen LogP contribution in [0.25, 0.3) is 0 Å². The van der Waals surface area contributed by atoms with E-state index in [9.17, 15) is 19.8 Å². The third-order valence-electron chi connectivity index (χ3n) is 6.50. The number of unbranched alkanes of at least 4 members (excludes halogenated alkanes) is 5. The largest absolute Gasteiger partial charge is 0.507 e. The number of ether oxygens (including phenoxy) is 2. The summed E-state index contributed by atoms with van der Waals surface area (Å²) in [5, 5.41) is 19.9. The number of carbonyl (C=O) groups excluding carboxylic acids is 2. The van der Waals surface area contributed by atoms with Crippen LogP contribution in [-0.2, 0) is 0 Å². The van der Waals surface area contributed by atoms with Crippen LogP contribution in [0.2, 0.25) is 0 Å². The van der Waals surface area contributed by atoms with Gasteiger partial charge in [-0.1, -0.05) is 99.7 Å². The number of phenols is 2. The fourth-order valence-electron chi connectivity index (χ4n) is 4.19. The van der Waals surface area contributed by atoms with Gasteiger partial charge in [0.1, 0.15) is 23.0 Å². The number of ketones is 2. The van der Waals surface area contributed by atoms with Crippen LogP contribution < -0.4 is 9.47 Å². The van der Waals surface area contributed by atoms with Crippen LogP contribution in [0.15, 0.2) is 97.1 Å². The fourth-order valence-corrected chi connectivity index (χ4v) is 4.19. The monoisotopic (exact) mass is 554 g/mol. The van der Waals surface area contributed by atoms with Gasteiger partial charge in [0.2, 0.25) is 0 Å². The van der Waals surface area contributed by atoms with Gasteiger partial charge in [-0.3, -0.25) is 9.59 Å². The average Bonchev–Trinajstić information content (AvgIpc) is 3.01. The Balaban J connectivity index is 0.000000239. The molecule has 0 aromatic heterocycles. The van der Waals surface area contributed by atoms with Gasteiger partial charge in [-0.05, 0) is 30.7 Å². The third-order valence-corrected chi connectivity index (χ3v) is 6.50. The van der Waals surface area contributed by atoms with E-state index in [0.717, 1.165) is 12.8 Å². The second-order valence-corrected chi connectivity index (χ2v) is 9.57. The topological polar surface area (TPSA) is 93.1 Å². The lowest BCUT2D eigenvalue weighted by Crippen LogP contribution is -2.02. The predicted molar refractivity (Wildman–Crippen MR) is 161 cm³/mol. The van der Waals surface area contributed by atoms with Gasteiger partial charge in [-0.15, -0.1) is 0 Å². The molecule has 0 heterocycles. The minimum absolute atomic E-state index is 0.0377. The zero-order valence-electron chi connectivity index (χ0n) is 23.7. The van der Waals surface area contributed by atoms with E-state index >= 15 is 0 Å². The summed E-state index contributed by atoms with van der Waals surface area (Å²) in [4.78, 5) is 24.4. The van der Waals surface area contributed by atoms with Crippen LogP contribution in [0, 0.1) is 0 Å². The molecule has 2 N–H and O–H groups in total. The highest BCUT2D eigenvalue weighted by molar-refractivity contribution is 6.11. The Morgan fingerprint density at radius 1 is 0.610 bits per heavy atom. The Kier molecular flexibility index (Phi) is 12.5. The van der Waals surface area contributed by atoms with Gasteiger partial charge in [0.05, 0.1) is 24.8 Å². The predicted octanol–water partition coefficient (Wildman–Crippen LogP) is 7.99. The number of carbonyl (C=O) groups is 2. The van der Waals surface area contributed by atoms with Crippen molar-refractivity contribution in [3.63, 3.8) is 0 Å². The molecule has 41 heavy (non-hydrogen) atoms. The van der Waals surface area contributed by atoms with Crippen molar-refractivity contribution in [3.05, 3.63) is 119 Å². The second-order valence-electron chi connectivity index (χ2n) is 9.57. The number of rotatable bonds is 13. The molecular formula is C35H38O6. The van der Waals surface area contributed by atoms with Crippen LogP contribution in [0.3, 0.4) is 0 Å². The zero-order chi connectivity index (χ0) is 29.5. The van der Waals surface area contributed by atoms with Gasteiger partial charge >= 0.3 is 0 Å². The average molecular weight is 555 g/mol. The molecule has 0 aliphatic rings. The van der Waals surface area contributed by atoms with E-state index in [4.69, 9.17) is 9.47 Å². The molecule has 4 aromatic rings. The van der Waals surface area contributed by atoms with E-state index < -0.39 is 0 Å². The summed E-state index contributed by atoms with van der Waals surface area (Å²) in [6.45, 7) is 2.85. The lowest BCUT2D eigenvalue weighted by atomic mass is 10.0. The highest BCUT2D eigenvalue weighted by Crippen LogP contribution is 2.27. The highest BCUT2D eigenvalue weighted by atomic mass is 16.5. The van der Waals surface area contributed by atoms with Crippen molar-refractivity contribution in [2.75, 3.05) is 13.7 Å². The number of methoxy groups -OCH3 is 1. The first-order chi connectivity index (χ1) is 19.9. The summed E-state index contributed by atoms with van der Waals surface area (Å²) in [7, 11) is 1.51. The van der Waals surface area contributed by atoms with Gasteiger partial charge in [0.15, 0.2) is 11.6 Å². The van der Waals surface area contributed by atoms with Gasteiger partial charge in [-0.2, -0.15) is 0 Å². The molecule has 0 fully saturated rings. The maximum atomic E-state index is 12.4. The standard InChI is InChI=1S/C21H26O3.C14H12O3/c1-2-3-4-5-6-10-15-24-18-13-14-19(20(22)16-18)21(23)17-11-8-7-9-12-17;1-17-11-7-8-12(13(15)9-11)14(16)10-5-3-2-4-6-10/h7-9,11-14,16,22H,2-6,10,15H2,1H3;2-9,15H,1H3. The van der Waals surface area contributed by atoms with Crippen LogP contribution in [-0.4, -0.2) is 35.5 Å². The molecule has 0 saturated heterocycles. The Morgan fingerprint density at radius 2 is 1.07 bits per heavy atom. The first-order valence-corrected chi connectivity index (χ1v) is 14.0. The number of hydrogen-bond donors (Lipinski definition) is 2. The summed E-state index contributed by atoms with van der Waals surface area (Å²) < 4.78 is 10.6. The molecule has 4 aromatic carbocycles. The van der Waals surface area contributed by atoms with Gasteiger partial charge in [0, 0.05) is 23.3 Å². The van der Waals surface area contributed by atoms with Gasteiger partial charge in [0.25, 0.3) is 0 Å². The van der Waals surface area contributed by atoms with E-state index in [1.807, 2.05) is 24.3 Å². The normalized spacial score (nSPS) is 10.3. The molecule has 0 aliphatic carbocycles. The zero-order valence-corrected chi connectivity index (χ0v) is 23.7. The van der Waals surface area contributed by atoms with Gasteiger partial charge in [-0.25, -0.2) is 0 Å². The Bertz CT molecular complexity index is 1380. The number of phenolic OH excluding ortho intramolecular Hbond substituents is 2. The molecule has 6 nitrogen and oxygen atoms in total. The molecule has 0 atom stereocenters. The van der Waals surface area contributed by atoms with Crippen molar-refractivity contribution < 1.29 is 29.3 Å². The lowest BCUT2D eigenvalue weighted by Gasteiger charge is -2.09. The fraction of sp³-hybridized carbons (Fsp3) is 0.257. The van der Waals surface area contributed by atoms with Crippen LogP contribution in [0.1, 0.15) is 77.3 Å². The molecule has 0 unspecified atom stereocenters. The second kappa shape index (κ2) is 16.5. The quantitative estimate of drug-likeness (QED) is 0.128. The first-order valence-electron chi connectivity index (χ1n) is 14.0. The molecular weight excluding hydrogens is 516 g/mol. The number of benzene rings is 4. The summed E-state index contributed by atoms with van der Waals surface area (Å²) in [5.74, 6) is 0.626. The van der Waals surface area contributed by atoms with Crippen molar-refractivity contribution in [1.82, 2.24) is 0 Å². The molecule has 0 amide bonds. The minimum atomic E-state index is -0.203. The van der Waals surface area contributed by atoms with E-state index in [-0.39, 0.29) is 28.6 Å². The number of aromatic hydroxyl groups is 2. The van der Waals surface area contributed by atoms with Crippen LogP contribution >= 0.6 is 0 Å². The van der Waals surface area contributed by atoms with E-state index in [0.29, 0.717) is 34.8 Å². The molecule has 0 radical (unpaired) electrons. The van der Waals surface area contributed by atoms with Crippen LogP contribution in [0.4, 0.5) is 0 Å². The third kappa shape index (κ3) is 9.53. The highest BCUT2D eigenvalue weighted by Gasteiger charge is 2.15. The smallest absolute Gasteiger partial charge is 0.196 e. The van der Waals surface area contributed by atoms with Crippen molar-refractivity contribution in [3.8, 4) is 23.0 Å². The molecule has 0 bridgehead atoms. The first kappa shape index (κ1) is 31.0. The maximum absolute atomic E-state index is 12.4. The van der Waals surface area contributed by atoms with Crippen molar-refractivity contribution >= 4 is 11.6 Å². The van der Waals surface area contributed by atoms with E-state index in [2.05, 4.69) is 6.92 Å². The van der Waals surface area contributed by atoms with Gasteiger partial charge < -0.3 is 19.7 Å². The van der Waals surface area contributed by atoms with Crippen molar-refractivity contribution in [2.45, 2.75) is 45.4 Å². The SMILES string of the molecule is CCCCCCCCOc1ccc(C(=O)c2ccccc2)c(O)c1.COc1ccc(C(=O)c2ccccc2)c(O)c1. The maximum Gasteiger partial charge on any atom is 0.196 e.